The van der Waals surface area contributed by atoms with Gasteiger partial charge in [-0.15, -0.1) is 0 Å². The molecular formula is C14H18BrF3N2. The van der Waals surface area contributed by atoms with Crippen LogP contribution < -0.4 is 10.6 Å². The van der Waals surface area contributed by atoms with E-state index < -0.39 is 11.7 Å². The Balaban J connectivity index is 2.20. The third kappa shape index (κ3) is 3.47. The van der Waals surface area contributed by atoms with Crippen LogP contribution >= 0.6 is 15.9 Å². The maximum absolute atomic E-state index is 12.7. The Kier molecular flexibility index (Phi) is 4.96. The number of nitrogens with zero attached hydrogens (tertiary/aromatic N) is 1. The fraction of sp³-hybridized carbons (Fsp3) is 0.571. The molecule has 1 aliphatic rings. The lowest BCUT2D eigenvalue weighted by molar-refractivity contribution is -0.137. The van der Waals surface area contributed by atoms with Crippen LogP contribution in [0.5, 0.6) is 0 Å². The Morgan fingerprint density at radius 3 is 2.70 bits per heavy atom. The van der Waals surface area contributed by atoms with Gasteiger partial charge in [0.1, 0.15) is 0 Å². The molecule has 2 nitrogen and oxygen atoms in total. The summed E-state index contributed by atoms with van der Waals surface area (Å²) in [6, 6.07) is 4.26. The molecule has 2 rings (SSSR count). The van der Waals surface area contributed by atoms with E-state index in [0.717, 1.165) is 50.0 Å². The second kappa shape index (κ2) is 6.35. The van der Waals surface area contributed by atoms with Gasteiger partial charge in [-0.1, -0.05) is 0 Å². The third-order valence-electron chi connectivity index (χ3n) is 3.70. The fourth-order valence-corrected chi connectivity index (χ4v) is 3.33. The number of nitrogens with two attached hydrogens (primary N) is 1. The number of hydrogen-bond acceptors (Lipinski definition) is 2. The first kappa shape index (κ1) is 15.6. The predicted molar refractivity (Wildman–Crippen MR) is 77.8 cm³/mol. The highest BCUT2D eigenvalue weighted by molar-refractivity contribution is 9.10. The van der Waals surface area contributed by atoms with Crippen molar-refractivity contribution in [2.24, 2.45) is 5.73 Å². The molecule has 1 atom stereocenters. The van der Waals surface area contributed by atoms with E-state index in [0.29, 0.717) is 17.1 Å². The van der Waals surface area contributed by atoms with Gasteiger partial charge >= 0.3 is 6.18 Å². The molecule has 1 aliphatic heterocycles. The van der Waals surface area contributed by atoms with Gasteiger partial charge in [-0.05, 0) is 66.4 Å². The largest absolute Gasteiger partial charge is 0.416 e. The summed E-state index contributed by atoms with van der Waals surface area (Å²) in [5.41, 5.74) is 5.76. The molecule has 0 amide bonds. The second-order valence-corrected chi connectivity index (χ2v) is 5.94. The minimum absolute atomic E-state index is 0.381. The summed E-state index contributed by atoms with van der Waals surface area (Å²) in [4.78, 5) is 2.19. The van der Waals surface area contributed by atoms with Crippen LogP contribution in [0.2, 0.25) is 0 Å². The summed E-state index contributed by atoms with van der Waals surface area (Å²) in [5, 5.41) is 0. The van der Waals surface area contributed by atoms with Crippen LogP contribution in [0.1, 0.15) is 31.2 Å². The SMILES string of the molecule is NCCCC1CCCN1c1ccc(C(F)(F)F)cc1Br. The molecule has 0 bridgehead atoms. The molecule has 0 radical (unpaired) electrons. The Hall–Kier alpha value is -0.750. The number of benzene rings is 1. The summed E-state index contributed by atoms with van der Waals surface area (Å²) in [7, 11) is 0. The van der Waals surface area contributed by atoms with E-state index >= 15 is 0 Å². The van der Waals surface area contributed by atoms with Crippen molar-refractivity contribution in [3.8, 4) is 0 Å². The normalized spacial score (nSPS) is 19.6. The Morgan fingerprint density at radius 2 is 2.10 bits per heavy atom. The number of rotatable bonds is 4. The predicted octanol–water partition coefficient (Wildman–Crippen LogP) is 4.18. The molecule has 1 unspecified atom stereocenters. The van der Waals surface area contributed by atoms with Crippen molar-refractivity contribution < 1.29 is 13.2 Å². The summed E-state index contributed by atoms with van der Waals surface area (Å²) in [6.07, 6.45) is -0.218. The van der Waals surface area contributed by atoms with Crippen molar-refractivity contribution >= 4 is 21.6 Å². The van der Waals surface area contributed by atoms with E-state index in [1.165, 1.54) is 0 Å². The lowest BCUT2D eigenvalue weighted by Crippen LogP contribution is -2.30. The average molecular weight is 351 g/mol. The molecular weight excluding hydrogens is 333 g/mol. The molecule has 0 saturated carbocycles. The highest BCUT2D eigenvalue weighted by Gasteiger charge is 2.32. The second-order valence-electron chi connectivity index (χ2n) is 5.08. The molecule has 112 valence electrons. The average Bonchev–Trinajstić information content (AvgIpc) is 2.83. The molecule has 1 heterocycles. The zero-order chi connectivity index (χ0) is 14.8. The number of hydrogen-bond donors (Lipinski definition) is 1. The highest BCUT2D eigenvalue weighted by atomic mass is 79.9. The van der Waals surface area contributed by atoms with Gasteiger partial charge in [0.05, 0.1) is 11.3 Å². The Bertz CT molecular complexity index is 462. The van der Waals surface area contributed by atoms with E-state index in [4.69, 9.17) is 5.73 Å². The lowest BCUT2D eigenvalue weighted by Gasteiger charge is -2.28. The Labute approximate surface area is 125 Å². The maximum atomic E-state index is 12.7. The third-order valence-corrected chi connectivity index (χ3v) is 4.34. The highest BCUT2D eigenvalue weighted by Crippen LogP contribution is 2.38. The van der Waals surface area contributed by atoms with Gasteiger partial charge in [-0.2, -0.15) is 13.2 Å². The first-order valence-electron chi connectivity index (χ1n) is 6.77. The van der Waals surface area contributed by atoms with Gasteiger partial charge in [0.15, 0.2) is 0 Å². The quantitative estimate of drug-likeness (QED) is 0.882. The first-order chi connectivity index (χ1) is 9.43. The molecule has 1 fully saturated rings. The van der Waals surface area contributed by atoms with Crippen molar-refractivity contribution in [2.75, 3.05) is 18.0 Å². The number of alkyl halides is 3. The smallest absolute Gasteiger partial charge is 0.368 e. The minimum Gasteiger partial charge on any atom is -0.368 e. The molecule has 1 aromatic carbocycles. The van der Waals surface area contributed by atoms with Crippen LogP contribution in [0.3, 0.4) is 0 Å². The molecule has 0 aromatic heterocycles. The first-order valence-corrected chi connectivity index (χ1v) is 7.56. The zero-order valence-electron chi connectivity index (χ0n) is 11.1. The van der Waals surface area contributed by atoms with Crippen molar-refractivity contribution in [3.63, 3.8) is 0 Å². The molecule has 6 heteroatoms. The van der Waals surface area contributed by atoms with Crippen LogP contribution in [0.15, 0.2) is 22.7 Å². The number of anilines is 1. The fourth-order valence-electron chi connectivity index (χ4n) is 2.72. The monoisotopic (exact) mass is 350 g/mol. The minimum atomic E-state index is -4.30. The van der Waals surface area contributed by atoms with Crippen LogP contribution in [0, 0.1) is 0 Å². The number of halogens is 4. The van der Waals surface area contributed by atoms with Crippen molar-refractivity contribution in [1.29, 1.82) is 0 Å². The van der Waals surface area contributed by atoms with Gasteiger partial charge < -0.3 is 10.6 Å². The van der Waals surface area contributed by atoms with E-state index in [-0.39, 0.29) is 0 Å². The van der Waals surface area contributed by atoms with Crippen LogP contribution in [-0.4, -0.2) is 19.1 Å². The molecule has 0 aliphatic carbocycles. The van der Waals surface area contributed by atoms with Crippen LogP contribution in [-0.2, 0) is 6.18 Å². The van der Waals surface area contributed by atoms with Crippen LogP contribution in [0.25, 0.3) is 0 Å². The summed E-state index contributed by atoms with van der Waals surface area (Å²) in [6.45, 7) is 1.54. The Morgan fingerprint density at radius 1 is 1.35 bits per heavy atom. The van der Waals surface area contributed by atoms with E-state index in [9.17, 15) is 13.2 Å². The van der Waals surface area contributed by atoms with Crippen molar-refractivity contribution in [3.05, 3.63) is 28.2 Å². The van der Waals surface area contributed by atoms with Crippen molar-refractivity contribution in [2.45, 2.75) is 37.9 Å². The van der Waals surface area contributed by atoms with Gasteiger partial charge in [0.25, 0.3) is 0 Å². The van der Waals surface area contributed by atoms with E-state index in [1.807, 2.05) is 0 Å². The van der Waals surface area contributed by atoms with E-state index in [2.05, 4.69) is 20.8 Å². The molecule has 1 saturated heterocycles. The molecule has 1 aromatic rings. The summed E-state index contributed by atoms with van der Waals surface area (Å²) >= 11 is 3.28. The van der Waals surface area contributed by atoms with Gasteiger partial charge in [0, 0.05) is 17.1 Å². The lowest BCUT2D eigenvalue weighted by atomic mass is 10.1. The maximum Gasteiger partial charge on any atom is 0.416 e. The molecule has 2 N–H and O–H groups in total. The molecule has 20 heavy (non-hydrogen) atoms. The topological polar surface area (TPSA) is 29.3 Å². The zero-order valence-corrected chi connectivity index (χ0v) is 12.7. The van der Waals surface area contributed by atoms with E-state index in [1.54, 1.807) is 6.07 Å². The standard InChI is InChI=1S/C14H18BrF3N2/c15-12-9-10(14(16,17)18)5-6-13(12)20-8-2-4-11(20)3-1-7-19/h5-6,9,11H,1-4,7-8,19H2. The molecule has 0 spiro atoms. The summed E-state index contributed by atoms with van der Waals surface area (Å²) < 4.78 is 38.5. The van der Waals surface area contributed by atoms with Gasteiger partial charge in [-0.25, -0.2) is 0 Å². The summed E-state index contributed by atoms with van der Waals surface area (Å²) in [5.74, 6) is 0. The van der Waals surface area contributed by atoms with Crippen molar-refractivity contribution in [1.82, 2.24) is 0 Å². The van der Waals surface area contributed by atoms with Crippen LogP contribution in [0.4, 0.5) is 18.9 Å². The van der Waals surface area contributed by atoms with Gasteiger partial charge in [0.2, 0.25) is 0 Å². The van der Waals surface area contributed by atoms with Gasteiger partial charge in [-0.3, -0.25) is 0 Å².